The van der Waals surface area contributed by atoms with Gasteiger partial charge in [-0.1, -0.05) is 48.7 Å². The average molecular weight is 460 g/mol. The number of nitrogens with one attached hydrogen (secondary N) is 1. The van der Waals surface area contributed by atoms with E-state index in [9.17, 15) is 13.2 Å². The van der Waals surface area contributed by atoms with Crippen LogP contribution in [0, 0.1) is 0 Å². The van der Waals surface area contributed by atoms with Crippen LogP contribution >= 0.6 is 11.6 Å². The van der Waals surface area contributed by atoms with Crippen LogP contribution in [0.5, 0.6) is 0 Å². The van der Waals surface area contributed by atoms with Crippen LogP contribution in [0.15, 0.2) is 47.4 Å². The Morgan fingerprint density at radius 1 is 1.10 bits per heavy atom. The largest absolute Gasteiger partial charge is 1.00 e. The molecular weight excluding hydrogens is 435 g/mol. The quantitative estimate of drug-likeness (QED) is 0.457. The smallest absolute Gasteiger partial charge is 0.481 e. The van der Waals surface area contributed by atoms with Crippen LogP contribution in [-0.4, -0.2) is 33.1 Å². The van der Waals surface area contributed by atoms with Crippen LogP contribution < -0.4 is 39.2 Å². The van der Waals surface area contributed by atoms with Crippen molar-refractivity contribution < 1.29 is 47.9 Å². The molecule has 1 aliphatic rings. The van der Waals surface area contributed by atoms with Crippen LogP contribution in [-0.2, 0) is 14.8 Å². The molecule has 2 N–H and O–H groups in total. The number of rotatable bonds is 8. The maximum atomic E-state index is 13.2. The first-order valence-electron chi connectivity index (χ1n) is 9.65. The van der Waals surface area contributed by atoms with E-state index < -0.39 is 16.0 Å². The first-order chi connectivity index (χ1) is 13.8. The Kier molecular flexibility index (Phi) is 9.21. The third-order valence-electron chi connectivity index (χ3n) is 5.18. The fourth-order valence-corrected chi connectivity index (χ4v) is 5.37. The van der Waals surface area contributed by atoms with Crippen LogP contribution in [0.3, 0.4) is 0 Å². The first-order valence-corrected chi connectivity index (χ1v) is 11.5. The Morgan fingerprint density at radius 2 is 1.80 bits per heavy atom. The van der Waals surface area contributed by atoms with Crippen molar-refractivity contribution in [3.63, 3.8) is 0 Å². The van der Waals surface area contributed by atoms with Gasteiger partial charge in [0.15, 0.2) is 0 Å². The van der Waals surface area contributed by atoms with Gasteiger partial charge in [-0.15, -0.1) is 0 Å². The Morgan fingerprint density at radius 3 is 2.53 bits per heavy atom. The fourth-order valence-electron chi connectivity index (χ4n) is 3.65. The molecule has 0 saturated heterocycles. The van der Waals surface area contributed by atoms with Gasteiger partial charge in [0.1, 0.15) is 0 Å². The molecule has 2 aromatic rings. The minimum Gasteiger partial charge on any atom is -0.481 e. The molecular formula is C21H25ClN2NaO4S+. The second kappa shape index (κ2) is 11.0. The van der Waals surface area contributed by atoms with Gasteiger partial charge < -0.3 is 10.4 Å². The van der Waals surface area contributed by atoms with Crippen molar-refractivity contribution in [2.45, 2.75) is 43.0 Å². The molecule has 0 spiro atoms. The van der Waals surface area contributed by atoms with Crippen molar-refractivity contribution in [2.75, 3.05) is 17.9 Å². The first kappa shape index (κ1) is 25.2. The van der Waals surface area contributed by atoms with Gasteiger partial charge in [-0.2, -0.15) is 0 Å². The molecule has 3 rings (SSSR count). The summed E-state index contributed by atoms with van der Waals surface area (Å²) < 4.78 is 27.7. The molecule has 0 aliphatic carbocycles. The summed E-state index contributed by atoms with van der Waals surface area (Å²) in [4.78, 5) is 10.8. The minimum atomic E-state index is -3.72. The molecule has 1 atom stereocenters. The summed E-state index contributed by atoms with van der Waals surface area (Å²) >= 11 is 6.12. The zero-order chi connectivity index (χ0) is 21.0. The summed E-state index contributed by atoms with van der Waals surface area (Å²) in [5, 5.41) is 12.6. The third kappa shape index (κ3) is 5.58. The molecule has 1 unspecified atom stereocenters. The molecule has 9 heteroatoms. The number of unbranched alkanes of at least 4 members (excludes halogenated alkanes) is 3. The molecule has 0 amide bonds. The number of anilines is 1. The van der Waals surface area contributed by atoms with Gasteiger partial charge >= 0.3 is 35.5 Å². The van der Waals surface area contributed by atoms with E-state index in [2.05, 4.69) is 5.32 Å². The predicted octanol–water partition coefficient (Wildman–Crippen LogP) is 1.20. The van der Waals surface area contributed by atoms with Crippen LogP contribution in [0.25, 0.3) is 0 Å². The molecule has 6 nitrogen and oxygen atoms in total. The summed E-state index contributed by atoms with van der Waals surface area (Å²) in [7, 11) is -2.16. The van der Waals surface area contributed by atoms with Crippen molar-refractivity contribution >= 4 is 33.3 Å². The molecule has 1 heterocycles. The van der Waals surface area contributed by atoms with Crippen molar-refractivity contribution in [2.24, 2.45) is 0 Å². The third-order valence-corrected chi connectivity index (χ3v) is 7.24. The van der Waals surface area contributed by atoms with E-state index in [1.165, 1.54) is 10.4 Å². The van der Waals surface area contributed by atoms with Gasteiger partial charge in [0, 0.05) is 18.5 Å². The van der Waals surface area contributed by atoms with Crippen molar-refractivity contribution in [1.29, 1.82) is 0 Å². The maximum absolute atomic E-state index is 13.2. The van der Waals surface area contributed by atoms with E-state index in [0.717, 1.165) is 24.8 Å². The van der Waals surface area contributed by atoms with E-state index in [4.69, 9.17) is 16.7 Å². The molecule has 0 fully saturated rings. The molecule has 2 aromatic carbocycles. The van der Waals surface area contributed by atoms with E-state index in [0.29, 0.717) is 29.2 Å². The van der Waals surface area contributed by atoms with E-state index >= 15 is 0 Å². The molecule has 0 aromatic heterocycles. The number of aliphatic carboxylic acids is 1. The number of para-hydroxylation sites is 1. The molecule has 30 heavy (non-hydrogen) atoms. The molecule has 0 radical (unpaired) electrons. The minimum absolute atomic E-state index is 0. The number of hydrogen-bond acceptors (Lipinski definition) is 4. The van der Waals surface area contributed by atoms with Crippen LogP contribution in [0.1, 0.15) is 49.3 Å². The Labute approximate surface area is 205 Å². The molecule has 0 saturated carbocycles. The van der Waals surface area contributed by atoms with Crippen molar-refractivity contribution in [3.8, 4) is 0 Å². The van der Waals surface area contributed by atoms with Gasteiger partial charge in [-0.05, 0) is 48.7 Å². The van der Waals surface area contributed by atoms with E-state index in [1.807, 2.05) is 18.2 Å². The number of hydrogen-bond donors (Lipinski definition) is 2. The number of benzene rings is 2. The Bertz CT molecular complexity index is 1000. The summed E-state index contributed by atoms with van der Waals surface area (Å²) in [6.07, 6.45) is 3.52. The summed E-state index contributed by atoms with van der Waals surface area (Å²) in [6, 6.07) is 12.2. The SMILES string of the molecule is CN1c2ccccc2C(NCCCCCCC(=O)O)c2ccc(Cl)cc2S1(=O)=O.[Na+]. The maximum Gasteiger partial charge on any atom is 1.00 e. The Balaban J connectivity index is 0.00000320. The predicted molar refractivity (Wildman–Crippen MR) is 114 cm³/mol. The number of carboxylic acid groups (broad SMARTS) is 1. The number of carboxylic acids is 1. The van der Waals surface area contributed by atoms with Gasteiger partial charge in [0.25, 0.3) is 10.0 Å². The molecule has 0 bridgehead atoms. The average Bonchev–Trinajstić information content (AvgIpc) is 2.75. The fraction of sp³-hybridized carbons (Fsp3) is 0.381. The van der Waals surface area contributed by atoms with Gasteiger partial charge in [0.2, 0.25) is 0 Å². The zero-order valence-corrected chi connectivity index (χ0v) is 20.8. The second-order valence-corrected chi connectivity index (χ2v) is 9.53. The normalized spacial score (nSPS) is 16.7. The standard InChI is InChI=1S/C21H25ClN2O4S.Na/c1-24-18-9-6-5-8-16(18)21(23-13-7-3-2-4-10-20(25)26)17-12-11-15(22)14-19(17)29(24,27)28;/h5-6,8-9,11-12,14,21,23H,2-4,7,10,13H2,1H3,(H,25,26);/q;+1. The van der Waals surface area contributed by atoms with E-state index in [-0.39, 0.29) is 46.9 Å². The van der Waals surface area contributed by atoms with Gasteiger partial charge in [-0.25, -0.2) is 8.42 Å². The van der Waals surface area contributed by atoms with E-state index in [1.54, 1.807) is 25.2 Å². The topological polar surface area (TPSA) is 86.7 Å². The Hall–Kier alpha value is -1.09. The summed E-state index contributed by atoms with van der Waals surface area (Å²) in [5.41, 5.74) is 2.21. The molecule has 156 valence electrons. The van der Waals surface area contributed by atoms with Gasteiger partial charge in [-0.3, -0.25) is 9.10 Å². The number of halogens is 1. The van der Waals surface area contributed by atoms with Crippen molar-refractivity contribution in [1.82, 2.24) is 5.32 Å². The van der Waals surface area contributed by atoms with Gasteiger partial charge in [0.05, 0.1) is 16.6 Å². The number of nitrogens with zero attached hydrogens (tertiary/aromatic N) is 1. The van der Waals surface area contributed by atoms with Crippen LogP contribution in [0.4, 0.5) is 5.69 Å². The monoisotopic (exact) mass is 459 g/mol. The van der Waals surface area contributed by atoms with Crippen LogP contribution in [0.2, 0.25) is 5.02 Å². The summed E-state index contributed by atoms with van der Waals surface area (Å²) in [6.45, 7) is 0.692. The number of fused-ring (bicyclic) bond motifs is 2. The van der Waals surface area contributed by atoms with Crippen molar-refractivity contribution in [3.05, 3.63) is 58.6 Å². The summed E-state index contributed by atoms with van der Waals surface area (Å²) in [5.74, 6) is -0.765. The number of sulfonamides is 1. The second-order valence-electron chi connectivity index (χ2n) is 7.16. The number of carbonyl (C=O) groups is 1. The molecule has 1 aliphatic heterocycles. The zero-order valence-electron chi connectivity index (χ0n) is 17.3.